The second kappa shape index (κ2) is 5.07. The molecule has 0 saturated carbocycles. The highest BCUT2D eigenvalue weighted by molar-refractivity contribution is 8.02. The molecule has 0 aliphatic heterocycles. The topological polar surface area (TPSA) is 40.5 Å². The summed E-state index contributed by atoms with van der Waals surface area (Å²) in [5.41, 5.74) is 0.972. The molecule has 0 saturated heterocycles. The number of aliphatic hydroxyl groups is 2. The average Bonchev–Trinajstić information content (AvgIpc) is 2.15. The van der Waals surface area contributed by atoms with E-state index >= 15 is 0 Å². The second-order valence-electron chi connectivity index (χ2n) is 2.54. The van der Waals surface area contributed by atoms with E-state index in [-0.39, 0.29) is 0 Å². The average molecular weight is 196 g/mol. The Kier molecular flexibility index (Phi) is 4.02. The van der Waals surface area contributed by atoms with E-state index in [2.05, 4.69) is 0 Å². The fourth-order valence-electron chi connectivity index (χ4n) is 0.952. The van der Waals surface area contributed by atoms with Crippen LogP contribution in [0.1, 0.15) is 5.56 Å². The molecular weight excluding hydrogens is 184 g/mol. The lowest BCUT2D eigenvalue weighted by molar-refractivity contribution is -0.0000772. The van der Waals surface area contributed by atoms with Crippen LogP contribution in [0.3, 0.4) is 0 Å². The first-order chi connectivity index (χ1) is 6.24. The molecule has 0 amide bonds. The first-order valence-electron chi connectivity index (χ1n) is 3.91. The summed E-state index contributed by atoms with van der Waals surface area (Å²) in [5.74, 6) is 0. The molecule has 0 heterocycles. The summed E-state index contributed by atoms with van der Waals surface area (Å²) in [4.78, 5) is 0.547. The van der Waals surface area contributed by atoms with E-state index in [1.807, 2.05) is 36.6 Å². The highest BCUT2D eigenvalue weighted by Crippen LogP contribution is 2.18. The van der Waals surface area contributed by atoms with Crippen LogP contribution >= 0.6 is 11.8 Å². The molecule has 1 aromatic rings. The number of thioether (sulfide) groups is 1. The van der Waals surface area contributed by atoms with Crippen molar-refractivity contribution in [3.05, 3.63) is 40.8 Å². The quantitative estimate of drug-likeness (QED) is 0.723. The van der Waals surface area contributed by atoms with Crippen LogP contribution in [-0.2, 0) is 0 Å². The minimum Gasteiger partial charge on any atom is -0.364 e. The Morgan fingerprint density at radius 2 is 1.92 bits per heavy atom. The summed E-state index contributed by atoms with van der Waals surface area (Å²) in [6.07, 6.45) is 2.19. The van der Waals surface area contributed by atoms with Crippen molar-refractivity contribution >= 4 is 17.8 Å². The van der Waals surface area contributed by atoms with Gasteiger partial charge in [-0.1, -0.05) is 30.3 Å². The van der Waals surface area contributed by atoms with E-state index in [1.54, 1.807) is 6.08 Å². The fraction of sp³-hybridized carbons (Fsp3) is 0.200. The Labute approximate surface area is 81.9 Å². The van der Waals surface area contributed by atoms with Crippen molar-refractivity contribution in [3.8, 4) is 0 Å². The molecule has 0 fully saturated rings. The van der Waals surface area contributed by atoms with Crippen LogP contribution in [0.4, 0.5) is 0 Å². The number of benzene rings is 1. The van der Waals surface area contributed by atoms with Gasteiger partial charge in [0.15, 0.2) is 6.29 Å². The zero-order valence-electron chi connectivity index (χ0n) is 7.34. The normalized spacial score (nSPS) is 12.2. The molecule has 0 aromatic heterocycles. The predicted molar refractivity (Wildman–Crippen MR) is 56.2 cm³/mol. The van der Waals surface area contributed by atoms with Crippen LogP contribution in [0, 0.1) is 0 Å². The number of hydrogen-bond donors (Lipinski definition) is 2. The summed E-state index contributed by atoms with van der Waals surface area (Å²) in [5, 5.41) is 17.9. The molecule has 70 valence electrons. The summed E-state index contributed by atoms with van der Waals surface area (Å²) in [6.45, 7) is 0. The van der Waals surface area contributed by atoms with Crippen LogP contribution in [0.2, 0.25) is 0 Å². The molecule has 2 N–H and O–H groups in total. The van der Waals surface area contributed by atoms with Crippen molar-refractivity contribution in [2.24, 2.45) is 0 Å². The van der Waals surface area contributed by atoms with E-state index in [1.165, 1.54) is 11.8 Å². The van der Waals surface area contributed by atoms with E-state index < -0.39 is 6.29 Å². The molecule has 2 nitrogen and oxygen atoms in total. The molecule has 3 heteroatoms. The van der Waals surface area contributed by atoms with Gasteiger partial charge in [-0.25, -0.2) is 0 Å². The van der Waals surface area contributed by atoms with Gasteiger partial charge in [0.2, 0.25) is 0 Å². The molecule has 0 bridgehead atoms. The van der Waals surface area contributed by atoms with E-state index in [0.717, 1.165) is 5.56 Å². The zero-order valence-corrected chi connectivity index (χ0v) is 8.16. The van der Waals surface area contributed by atoms with Gasteiger partial charge in [-0.3, -0.25) is 0 Å². The Bertz CT molecular complexity index is 280. The Balaban J connectivity index is 2.85. The van der Waals surface area contributed by atoms with Gasteiger partial charge in [0.25, 0.3) is 0 Å². The third-order valence-electron chi connectivity index (χ3n) is 1.60. The van der Waals surface area contributed by atoms with Gasteiger partial charge >= 0.3 is 0 Å². The molecule has 1 aromatic carbocycles. The Morgan fingerprint density at radius 3 is 2.38 bits per heavy atom. The molecule has 1 rings (SSSR count). The van der Waals surface area contributed by atoms with Crippen molar-refractivity contribution in [2.75, 3.05) is 6.26 Å². The van der Waals surface area contributed by atoms with Gasteiger partial charge in [-0.2, -0.15) is 0 Å². The molecule has 0 atom stereocenters. The number of hydrogen-bond acceptors (Lipinski definition) is 3. The SMILES string of the molecule is CSC(=Cc1ccccc1)C(O)O. The molecular formula is C10H12O2S. The lowest BCUT2D eigenvalue weighted by Crippen LogP contribution is -2.04. The molecule has 0 radical (unpaired) electrons. The Hall–Kier alpha value is -0.770. The zero-order chi connectivity index (χ0) is 9.68. The molecule has 0 aliphatic rings. The second-order valence-corrected chi connectivity index (χ2v) is 3.41. The smallest absolute Gasteiger partial charge is 0.184 e. The molecule has 0 spiro atoms. The van der Waals surface area contributed by atoms with Crippen LogP contribution in [0.5, 0.6) is 0 Å². The minimum atomic E-state index is -1.38. The van der Waals surface area contributed by atoms with Gasteiger partial charge in [-0.15, -0.1) is 11.8 Å². The first kappa shape index (κ1) is 10.3. The van der Waals surface area contributed by atoms with Crippen molar-refractivity contribution in [1.29, 1.82) is 0 Å². The van der Waals surface area contributed by atoms with Gasteiger partial charge in [-0.05, 0) is 17.9 Å². The highest BCUT2D eigenvalue weighted by Gasteiger charge is 2.03. The Morgan fingerprint density at radius 1 is 1.31 bits per heavy atom. The van der Waals surface area contributed by atoms with Crippen molar-refractivity contribution < 1.29 is 10.2 Å². The van der Waals surface area contributed by atoms with Crippen molar-refractivity contribution in [1.82, 2.24) is 0 Å². The summed E-state index contributed by atoms with van der Waals surface area (Å²) in [7, 11) is 0. The number of aliphatic hydroxyl groups excluding tert-OH is 1. The maximum atomic E-state index is 8.94. The third kappa shape index (κ3) is 3.22. The summed E-state index contributed by atoms with van der Waals surface area (Å²) >= 11 is 1.33. The van der Waals surface area contributed by atoms with E-state index in [9.17, 15) is 0 Å². The van der Waals surface area contributed by atoms with Gasteiger partial charge < -0.3 is 10.2 Å². The lowest BCUT2D eigenvalue weighted by Gasteiger charge is -2.05. The molecule has 0 aliphatic carbocycles. The van der Waals surface area contributed by atoms with Gasteiger partial charge in [0.1, 0.15) is 0 Å². The van der Waals surface area contributed by atoms with Crippen molar-refractivity contribution in [2.45, 2.75) is 6.29 Å². The van der Waals surface area contributed by atoms with E-state index in [4.69, 9.17) is 10.2 Å². The van der Waals surface area contributed by atoms with Gasteiger partial charge in [0, 0.05) is 4.91 Å². The maximum Gasteiger partial charge on any atom is 0.184 e. The maximum absolute atomic E-state index is 8.94. The van der Waals surface area contributed by atoms with Crippen LogP contribution < -0.4 is 0 Å². The van der Waals surface area contributed by atoms with Crippen molar-refractivity contribution in [3.63, 3.8) is 0 Å². The predicted octanol–water partition coefficient (Wildman–Crippen LogP) is 1.70. The highest BCUT2D eigenvalue weighted by atomic mass is 32.2. The summed E-state index contributed by atoms with van der Waals surface area (Å²) in [6, 6.07) is 9.57. The lowest BCUT2D eigenvalue weighted by atomic mass is 10.2. The fourth-order valence-corrected chi connectivity index (χ4v) is 1.42. The molecule has 13 heavy (non-hydrogen) atoms. The van der Waals surface area contributed by atoms with Crippen LogP contribution in [-0.4, -0.2) is 22.8 Å². The van der Waals surface area contributed by atoms with E-state index in [0.29, 0.717) is 4.91 Å². The first-order valence-corrected chi connectivity index (χ1v) is 5.13. The largest absolute Gasteiger partial charge is 0.364 e. The summed E-state index contributed by atoms with van der Waals surface area (Å²) < 4.78 is 0. The third-order valence-corrected chi connectivity index (χ3v) is 2.40. The standard InChI is InChI=1S/C10H12O2S/c1-13-9(10(11)12)7-8-5-3-2-4-6-8/h2-7,10-12H,1H3. The van der Waals surface area contributed by atoms with Crippen LogP contribution in [0.25, 0.3) is 6.08 Å². The number of rotatable bonds is 3. The molecule has 0 unspecified atom stereocenters. The van der Waals surface area contributed by atoms with Crippen LogP contribution in [0.15, 0.2) is 35.2 Å². The van der Waals surface area contributed by atoms with Gasteiger partial charge in [0.05, 0.1) is 0 Å². The monoisotopic (exact) mass is 196 g/mol. The minimum absolute atomic E-state index is 0.547.